The molecule has 1 aliphatic carbocycles. The second kappa shape index (κ2) is 8.02. The Morgan fingerprint density at radius 2 is 2.07 bits per heavy atom. The van der Waals surface area contributed by atoms with Gasteiger partial charge in [0.1, 0.15) is 0 Å². The summed E-state index contributed by atoms with van der Waals surface area (Å²) < 4.78 is 4.13. The molecule has 4 heterocycles. The standard InChI is InChI=1S/C22H27N7O/c1-2-23-21(30)20-18-15-27(12-8-19(18)29(26-20)13-16-6-7-16)14-17-5-3-11-28(17)22-24-9-4-10-25-22/h3-5,9-11,16H,2,6-8,12-15H2,1H3,(H,23,30). The van der Waals surface area contributed by atoms with Gasteiger partial charge < -0.3 is 5.32 Å². The highest BCUT2D eigenvalue weighted by Crippen LogP contribution is 2.33. The second-order valence-electron chi connectivity index (χ2n) is 8.14. The Morgan fingerprint density at radius 1 is 1.23 bits per heavy atom. The van der Waals surface area contributed by atoms with E-state index in [4.69, 9.17) is 5.10 Å². The van der Waals surface area contributed by atoms with Gasteiger partial charge in [-0.3, -0.25) is 18.9 Å². The fraction of sp³-hybridized carbons (Fsp3) is 0.455. The lowest BCUT2D eigenvalue weighted by Gasteiger charge is -2.28. The number of fused-ring (bicyclic) bond motifs is 1. The summed E-state index contributed by atoms with van der Waals surface area (Å²) in [6.07, 6.45) is 8.97. The molecule has 0 unspecified atom stereocenters. The van der Waals surface area contributed by atoms with Crippen LogP contribution in [0.1, 0.15) is 47.2 Å². The Balaban J connectivity index is 1.39. The minimum absolute atomic E-state index is 0.0637. The molecule has 0 saturated heterocycles. The predicted molar refractivity (Wildman–Crippen MR) is 112 cm³/mol. The molecule has 30 heavy (non-hydrogen) atoms. The number of hydrogen-bond donors (Lipinski definition) is 1. The lowest BCUT2D eigenvalue weighted by atomic mass is 10.0. The summed E-state index contributed by atoms with van der Waals surface area (Å²) in [5.41, 5.74) is 4.05. The molecule has 1 fully saturated rings. The first-order valence-corrected chi connectivity index (χ1v) is 10.8. The highest BCUT2D eigenvalue weighted by atomic mass is 16.1. The van der Waals surface area contributed by atoms with Crippen molar-refractivity contribution in [3.05, 3.63) is 59.4 Å². The maximum Gasteiger partial charge on any atom is 0.272 e. The van der Waals surface area contributed by atoms with Gasteiger partial charge in [0.25, 0.3) is 5.91 Å². The Hall–Kier alpha value is -3.00. The maximum atomic E-state index is 12.7. The first-order valence-electron chi connectivity index (χ1n) is 10.8. The van der Waals surface area contributed by atoms with Crippen LogP contribution in [0.15, 0.2) is 36.8 Å². The van der Waals surface area contributed by atoms with Crippen molar-refractivity contribution in [1.29, 1.82) is 0 Å². The molecular formula is C22H27N7O. The number of aromatic nitrogens is 5. The van der Waals surface area contributed by atoms with Crippen molar-refractivity contribution >= 4 is 5.91 Å². The van der Waals surface area contributed by atoms with E-state index in [9.17, 15) is 4.79 Å². The Kier molecular flexibility index (Phi) is 5.08. The monoisotopic (exact) mass is 405 g/mol. The second-order valence-corrected chi connectivity index (χ2v) is 8.14. The van der Waals surface area contributed by atoms with Crippen LogP contribution in [0.4, 0.5) is 0 Å². The van der Waals surface area contributed by atoms with E-state index in [-0.39, 0.29) is 5.91 Å². The number of amides is 1. The zero-order chi connectivity index (χ0) is 20.5. The summed E-state index contributed by atoms with van der Waals surface area (Å²) in [4.78, 5) is 23.8. The molecule has 156 valence electrons. The number of nitrogens with zero attached hydrogens (tertiary/aromatic N) is 6. The number of hydrogen-bond acceptors (Lipinski definition) is 5. The van der Waals surface area contributed by atoms with Crippen molar-refractivity contribution in [1.82, 2.24) is 34.5 Å². The van der Waals surface area contributed by atoms with Gasteiger partial charge in [0.05, 0.1) is 0 Å². The van der Waals surface area contributed by atoms with Crippen LogP contribution >= 0.6 is 0 Å². The summed E-state index contributed by atoms with van der Waals surface area (Å²) in [7, 11) is 0. The first kappa shape index (κ1) is 19.0. The van der Waals surface area contributed by atoms with Crippen LogP contribution in [-0.2, 0) is 26.1 Å². The minimum Gasteiger partial charge on any atom is -0.351 e. The Morgan fingerprint density at radius 3 is 2.83 bits per heavy atom. The van der Waals surface area contributed by atoms with Gasteiger partial charge in [0, 0.05) is 74.7 Å². The number of nitrogens with one attached hydrogen (secondary N) is 1. The first-order chi connectivity index (χ1) is 14.7. The van der Waals surface area contributed by atoms with E-state index >= 15 is 0 Å². The van der Waals surface area contributed by atoms with Crippen molar-refractivity contribution in [3.63, 3.8) is 0 Å². The van der Waals surface area contributed by atoms with Crippen LogP contribution in [0.5, 0.6) is 0 Å². The molecule has 5 rings (SSSR count). The summed E-state index contributed by atoms with van der Waals surface area (Å²) >= 11 is 0. The van der Waals surface area contributed by atoms with Crippen LogP contribution in [-0.4, -0.2) is 48.2 Å². The molecule has 8 heteroatoms. The topological polar surface area (TPSA) is 80.9 Å². The molecule has 8 nitrogen and oxygen atoms in total. The zero-order valence-corrected chi connectivity index (χ0v) is 17.3. The van der Waals surface area contributed by atoms with Gasteiger partial charge >= 0.3 is 0 Å². The van der Waals surface area contributed by atoms with Crippen LogP contribution in [0.2, 0.25) is 0 Å². The zero-order valence-electron chi connectivity index (χ0n) is 17.3. The van der Waals surface area contributed by atoms with E-state index in [0.29, 0.717) is 18.2 Å². The van der Waals surface area contributed by atoms with E-state index in [1.54, 1.807) is 12.4 Å². The fourth-order valence-electron chi connectivity index (χ4n) is 4.19. The van der Waals surface area contributed by atoms with Crippen molar-refractivity contribution in [2.24, 2.45) is 5.92 Å². The number of carbonyl (C=O) groups excluding carboxylic acids is 1. The van der Waals surface area contributed by atoms with Gasteiger partial charge in [-0.25, -0.2) is 9.97 Å². The van der Waals surface area contributed by atoms with Crippen molar-refractivity contribution in [2.75, 3.05) is 13.1 Å². The minimum atomic E-state index is -0.0637. The van der Waals surface area contributed by atoms with Crippen LogP contribution in [0.3, 0.4) is 0 Å². The number of carbonyl (C=O) groups is 1. The SMILES string of the molecule is CCNC(=O)c1nn(CC2CC2)c2c1CN(Cc1cccn1-c1ncccn1)CC2. The molecule has 3 aromatic rings. The molecule has 0 radical (unpaired) electrons. The van der Waals surface area contributed by atoms with Gasteiger partial charge in [-0.15, -0.1) is 0 Å². The molecule has 1 amide bonds. The average Bonchev–Trinajstić information content (AvgIpc) is 3.34. The van der Waals surface area contributed by atoms with Gasteiger partial charge in [0.2, 0.25) is 5.95 Å². The summed E-state index contributed by atoms with van der Waals surface area (Å²) in [5.74, 6) is 1.34. The van der Waals surface area contributed by atoms with Gasteiger partial charge in [-0.05, 0) is 43.9 Å². The average molecular weight is 406 g/mol. The summed E-state index contributed by atoms with van der Waals surface area (Å²) in [6.45, 7) is 5.94. The molecular weight excluding hydrogens is 378 g/mol. The Labute approximate surface area is 175 Å². The smallest absolute Gasteiger partial charge is 0.272 e. The van der Waals surface area contributed by atoms with Gasteiger partial charge in [0.15, 0.2) is 5.69 Å². The normalized spacial score (nSPS) is 16.4. The van der Waals surface area contributed by atoms with Gasteiger partial charge in [-0.1, -0.05) is 0 Å². The van der Waals surface area contributed by atoms with E-state index in [1.165, 1.54) is 18.5 Å². The highest BCUT2D eigenvalue weighted by Gasteiger charge is 2.31. The van der Waals surface area contributed by atoms with E-state index in [2.05, 4.69) is 30.9 Å². The summed E-state index contributed by atoms with van der Waals surface area (Å²) in [5, 5.41) is 7.67. The van der Waals surface area contributed by atoms with Crippen LogP contribution in [0.25, 0.3) is 5.95 Å². The molecule has 1 aliphatic heterocycles. The lowest BCUT2D eigenvalue weighted by Crippen LogP contribution is -2.33. The van der Waals surface area contributed by atoms with Crippen molar-refractivity contribution in [3.8, 4) is 5.95 Å². The highest BCUT2D eigenvalue weighted by molar-refractivity contribution is 5.94. The largest absolute Gasteiger partial charge is 0.351 e. The molecule has 0 bridgehead atoms. The Bertz CT molecular complexity index is 1040. The molecule has 0 aromatic carbocycles. The maximum absolute atomic E-state index is 12.7. The third-order valence-corrected chi connectivity index (χ3v) is 5.88. The van der Waals surface area contributed by atoms with E-state index in [0.717, 1.165) is 49.8 Å². The number of rotatable bonds is 7. The lowest BCUT2D eigenvalue weighted by molar-refractivity contribution is 0.0947. The molecule has 2 aliphatic rings. The third kappa shape index (κ3) is 3.75. The molecule has 0 atom stereocenters. The molecule has 3 aromatic heterocycles. The van der Waals surface area contributed by atoms with Gasteiger partial charge in [-0.2, -0.15) is 5.10 Å². The fourth-order valence-corrected chi connectivity index (χ4v) is 4.19. The van der Waals surface area contributed by atoms with Crippen molar-refractivity contribution < 1.29 is 4.79 Å². The van der Waals surface area contributed by atoms with Crippen LogP contribution < -0.4 is 5.32 Å². The predicted octanol–water partition coefficient (Wildman–Crippen LogP) is 2.18. The van der Waals surface area contributed by atoms with Crippen LogP contribution in [0, 0.1) is 5.92 Å². The molecule has 1 N–H and O–H groups in total. The molecule has 1 saturated carbocycles. The quantitative estimate of drug-likeness (QED) is 0.652. The summed E-state index contributed by atoms with van der Waals surface area (Å²) in [6, 6.07) is 5.95. The van der Waals surface area contributed by atoms with Crippen molar-refractivity contribution in [2.45, 2.75) is 45.8 Å². The van der Waals surface area contributed by atoms with E-state index < -0.39 is 0 Å². The third-order valence-electron chi connectivity index (χ3n) is 5.88. The van der Waals surface area contributed by atoms with E-state index in [1.807, 2.05) is 29.8 Å². The molecule has 0 spiro atoms.